The number of benzene rings is 2. The highest BCUT2D eigenvalue weighted by Gasteiger charge is 2.33. The summed E-state index contributed by atoms with van der Waals surface area (Å²) in [5.74, 6) is 0.255. The number of alkyl halides is 3. The molecule has 0 radical (unpaired) electrons. The Morgan fingerprint density at radius 1 is 1.00 bits per heavy atom. The molecule has 0 bridgehead atoms. The fourth-order valence-corrected chi connectivity index (χ4v) is 3.27. The minimum atomic E-state index is -4.42. The second-order valence-electron chi connectivity index (χ2n) is 5.99. The van der Waals surface area contributed by atoms with Crippen molar-refractivity contribution in [3.8, 4) is 0 Å². The molecule has 4 aromatic rings. The maximum Gasteiger partial charge on any atom is 0.416 e. The van der Waals surface area contributed by atoms with E-state index in [1.54, 1.807) is 24.4 Å². The van der Waals surface area contributed by atoms with Crippen LogP contribution in [0.25, 0.3) is 21.8 Å². The Morgan fingerprint density at radius 2 is 1.77 bits per heavy atom. The third-order valence-corrected chi connectivity index (χ3v) is 4.33. The molecule has 2 heterocycles. The van der Waals surface area contributed by atoms with E-state index in [1.807, 2.05) is 0 Å². The number of anilines is 2. The van der Waals surface area contributed by atoms with Crippen molar-refractivity contribution in [3.05, 3.63) is 59.3 Å². The van der Waals surface area contributed by atoms with Crippen molar-refractivity contribution < 1.29 is 13.2 Å². The minimum absolute atomic E-state index is 0.0199. The average molecular weight is 357 g/mol. The predicted octanol–water partition coefficient (Wildman–Crippen LogP) is 3.89. The molecule has 0 fully saturated rings. The van der Waals surface area contributed by atoms with E-state index >= 15 is 0 Å². The summed E-state index contributed by atoms with van der Waals surface area (Å²) in [7, 11) is 0. The molecule has 0 saturated heterocycles. The lowest BCUT2D eigenvalue weighted by atomic mass is 9.96. The van der Waals surface area contributed by atoms with Crippen molar-refractivity contribution in [3.63, 3.8) is 0 Å². The van der Waals surface area contributed by atoms with Crippen molar-refractivity contribution in [2.24, 2.45) is 0 Å². The summed E-state index contributed by atoms with van der Waals surface area (Å²) in [5.41, 5.74) is 13.1. The molecule has 0 amide bonds. The van der Waals surface area contributed by atoms with Crippen molar-refractivity contribution >= 4 is 33.6 Å². The first-order valence-corrected chi connectivity index (χ1v) is 7.81. The summed E-state index contributed by atoms with van der Waals surface area (Å²) >= 11 is 0. The summed E-state index contributed by atoms with van der Waals surface area (Å²) in [6, 6.07) is 9.04. The van der Waals surface area contributed by atoms with E-state index in [2.05, 4.69) is 15.0 Å². The Hall–Kier alpha value is -3.29. The van der Waals surface area contributed by atoms with Crippen LogP contribution in [0.1, 0.15) is 16.7 Å². The van der Waals surface area contributed by atoms with E-state index in [0.717, 1.165) is 11.5 Å². The molecule has 5 nitrogen and oxygen atoms in total. The summed E-state index contributed by atoms with van der Waals surface area (Å²) in [6.07, 6.45) is -2.62. The molecule has 2 aromatic heterocycles. The first-order chi connectivity index (χ1) is 12.3. The van der Waals surface area contributed by atoms with Gasteiger partial charge in [-0.05, 0) is 29.3 Å². The minimum Gasteiger partial charge on any atom is -0.383 e. The van der Waals surface area contributed by atoms with Crippen LogP contribution in [0.2, 0.25) is 0 Å². The normalized spacial score (nSPS) is 12.1. The van der Waals surface area contributed by atoms with Crippen LogP contribution < -0.4 is 11.5 Å². The number of aromatic nitrogens is 3. The number of hydrogen-bond donors (Lipinski definition) is 3. The standard InChI is InChI=1S/C18H14F3N5/c19-18(20,21)12-4-2-1-3-9(12)7-10-8-13-14(11-5-6-24-15(10)11)16(22)26-17(23)25-13/h1-6,8,24H,7H2,(H4,22,23,25,26). The highest BCUT2D eigenvalue weighted by Crippen LogP contribution is 2.35. The monoisotopic (exact) mass is 357 g/mol. The molecule has 2 aromatic carbocycles. The van der Waals surface area contributed by atoms with Crippen molar-refractivity contribution in [1.29, 1.82) is 0 Å². The molecule has 0 spiro atoms. The molecule has 0 unspecified atom stereocenters. The van der Waals surface area contributed by atoms with Gasteiger partial charge >= 0.3 is 6.18 Å². The Labute approximate surface area is 145 Å². The van der Waals surface area contributed by atoms with E-state index in [1.165, 1.54) is 12.1 Å². The largest absolute Gasteiger partial charge is 0.416 e. The third kappa shape index (κ3) is 2.59. The number of H-pyrrole nitrogens is 1. The number of nitrogens with two attached hydrogens (primary N) is 2. The van der Waals surface area contributed by atoms with Gasteiger partial charge in [-0.25, -0.2) is 4.98 Å². The lowest BCUT2D eigenvalue weighted by Crippen LogP contribution is -2.09. The molecular formula is C18H14F3N5. The van der Waals surface area contributed by atoms with E-state index in [0.29, 0.717) is 22.0 Å². The van der Waals surface area contributed by atoms with Crippen LogP contribution in [-0.2, 0) is 12.6 Å². The number of fused-ring (bicyclic) bond motifs is 3. The Balaban J connectivity index is 1.94. The average Bonchev–Trinajstić information content (AvgIpc) is 3.03. The molecule has 5 N–H and O–H groups in total. The van der Waals surface area contributed by atoms with Gasteiger partial charge < -0.3 is 16.5 Å². The molecule has 0 saturated carbocycles. The number of halogens is 3. The lowest BCUT2D eigenvalue weighted by molar-refractivity contribution is -0.138. The van der Waals surface area contributed by atoms with Crippen molar-refractivity contribution in [2.45, 2.75) is 12.6 Å². The van der Waals surface area contributed by atoms with Gasteiger partial charge in [-0.15, -0.1) is 0 Å². The zero-order valence-corrected chi connectivity index (χ0v) is 13.4. The summed E-state index contributed by atoms with van der Waals surface area (Å²) in [5, 5.41) is 1.38. The molecular weight excluding hydrogens is 343 g/mol. The molecule has 132 valence electrons. The van der Waals surface area contributed by atoms with Crippen LogP contribution in [0.15, 0.2) is 42.6 Å². The Kier molecular flexibility index (Phi) is 3.50. The lowest BCUT2D eigenvalue weighted by Gasteiger charge is -2.14. The van der Waals surface area contributed by atoms with Crippen molar-refractivity contribution in [2.75, 3.05) is 11.5 Å². The first-order valence-electron chi connectivity index (χ1n) is 7.81. The molecule has 4 rings (SSSR count). The van der Waals surface area contributed by atoms with Gasteiger partial charge in [-0.3, -0.25) is 0 Å². The fourth-order valence-electron chi connectivity index (χ4n) is 3.27. The molecule has 0 aliphatic rings. The van der Waals surface area contributed by atoms with E-state index < -0.39 is 11.7 Å². The first kappa shape index (κ1) is 16.2. The van der Waals surface area contributed by atoms with Gasteiger partial charge in [-0.1, -0.05) is 18.2 Å². The van der Waals surface area contributed by atoms with E-state index in [-0.39, 0.29) is 23.8 Å². The topological polar surface area (TPSA) is 93.6 Å². The second-order valence-corrected chi connectivity index (χ2v) is 5.99. The van der Waals surface area contributed by atoms with Crippen LogP contribution in [0.3, 0.4) is 0 Å². The number of hydrogen-bond acceptors (Lipinski definition) is 4. The smallest absolute Gasteiger partial charge is 0.383 e. The maximum absolute atomic E-state index is 13.3. The van der Waals surface area contributed by atoms with Gasteiger partial charge in [0.1, 0.15) is 5.82 Å². The molecule has 0 aliphatic heterocycles. The van der Waals surface area contributed by atoms with Crippen LogP contribution in [-0.4, -0.2) is 15.0 Å². The van der Waals surface area contributed by atoms with Crippen LogP contribution >= 0.6 is 0 Å². The Morgan fingerprint density at radius 3 is 2.54 bits per heavy atom. The fraction of sp³-hybridized carbons (Fsp3) is 0.111. The van der Waals surface area contributed by atoms with Crippen LogP contribution in [0.4, 0.5) is 24.9 Å². The summed E-state index contributed by atoms with van der Waals surface area (Å²) in [4.78, 5) is 11.2. The van der Waals surface area contributed by atoms with Crippen molar-refractivity contribution in [1.82, 2.24) is 15.0 Å². The molecule has 8 heteroatoms. The predicted molar refractivity (Wildman–Crippen MR) is 94.5 cm³/mol. The van der Waals surface area contributed by atoms with Gasteiger partial charge in [0.2, 0.25) is 5.95 Å². The summed E-state index contributed by atoms with van der Waals surface area (Å²) < 4.78 is 39.9. The SMILES string of the molecule is Nc1nc(N)c2c(cc(Cc3ccccc3C(F)(F)F)c3[nH]ccc32)n1. The molecule has 0 aliphatic carbocycles. The molecule has 0 atom stereocenters. The van der Waals surface area contributed by atoms with Gasteiger partial charge in [-0.2, -0.15) is 18.2 Å². The number of nitrogens with one attached hydrogen (secondary N) is 1. The van der Waals surface area contributed by atoms with Gasteiger partial charge in [0, 0.05) is 23.5 Å². The van der Waals surface area contributed by atoms with E-state index in [4.69, 9.17) is 11.5 Å². The number of nitrogens with zero attached hydrogens (tertiary/aromatic N) is 2. The number of aromatic amines is 1. The highest BCUT2D eigenvalue weighted by atomic mass is 19.4. The zero-order valence-electron chi connectivity index (χ0n) is 13.4. The second kappa shape index (κ2) is 5.62. The maximum atomic E-state index is 13.3. The molecule has 26 heavy (non-hydrogen) atoms. The zero-order chi connectivity index (χ0) is 18.5. The van der Waals surface area contributed by atoms with Gasteiger partial charge in [0.15, 0.2) is 0 Å². The van der Waals surface area contributed by atoms with E-state index in [9.17, 15) is 13.2 Å². The Bertz CT molecular complexity index is 1130. The van der Waals surface area contributed by atoms with Gasteiger partial charge in [0.25, 0.3) is 0 Å². The number of nitrogen functional groups attached to an aromatic ring is 2. The highest BCUT2D eigenvalue weighted by molar-refractivity contribution is 6.11. The third-order valence-electron chi connectivity index (χ3n) is 4.33. The van der Waals surface area contributed by atoms with Crippen LogP contribution in [0, 0.1) is 0 Å². The van der Waals surface area contributed by atoms with Crippen LogP contribution in [0.5, 0.6) is 0 Å². The quantitative estimate of drug-likeness (QED) is 0.507. The summed E-state index contributed by atoms with van der Waals surface area (Å²) in [6.45, 7) is 0. The van der Waals surface area contributed by atoms with Gasteiger partial charge in [0.05, 0.1) is 16.5 Å². The number of rotatable bonds is 2.